The van der Waals surface area contributed by atoms with E-state index in [0.29, 0.717) is 0 Å². The van der Waals surface area contributed by atoms with Gasteiger partial charge in [-0.25, -0.2) is 0 Å². The molecule has 0 aliphatic carbocycles. The highest BCUT2D eigenvalue weighted by molar-refractivity contribution is 8.07. The predicted molar refractivity (Wildman–Crippen MR) is 91.9 cm³/mol. The summed E-state index contributed by atoms with van der Waals surface area (Å²) in [5.41, 5.74) is 5.25. The van der Waals surface area contributed by atoms with Crippen LogP contribution in [0.4, 0.5) is 0 Å². The Kier molecular flexibility index (Phi) is 4.00. The zero-order chi connectivity index (χ0) is 13.8. The Morgan fingerprint density at radius 1 is 0.850 bits per heavy atom. The second kappa shape index (κ2) is 6.07. The van der Waals surface area contributed by atoms with E-state index in [1.807, 2.05) is 16.4 Å². The Morgan fingerprint density at radius 3 is 2.05 bits per heavy atom. The monoisotopic (exact) mass is 295 g/mol. The maximum Gasteiger partial charge on any atom is 0.0790 e. The lowest BCUT2D eigenvalue weighted by Crippen LogP contribution is -2.08. The van der Waals surface area contributed by atoms with Crippen LogP contribution < -0.4 is 0 Å². The minimum absolute atomic E-state index is 1.17. The number of benzene rings is 2. The maximum atomic E-state index is 5.09. The number of rotatable bonds is 3. The van der Waals surface area contributed by atoms with Gasteiger partial charge in [-0.15, -0.1) is 0 Å². The van der Waals surface area contributed by atoms with Crippen LogP contribution in [0.3, 0.4) is 0 Å². The fourth-order valence-electron chi connectivity index (χ4n) is 2.06. The molecule has 3 rings (SSSR count). The van der Waals surface area contributed by atoms with Crippen molar-refractivity contribution in [2.75, 3.05) is 0 Å². The molecule has 1 nitrogen and oxygen atoms in total. The third-order valence-electron chi connectivity index (χ3n) is 3.03. The first-order chi connectivity index (χ1) is 9.86. The average molecular weight is 295 g/mol. The first-order valence-electron chi connectivity index (χ1n) is 6.33. The maximum absolute atomic E-state index is 5.09. The summed E-state index contributed by atoms with van der Waals surface area (Å²) in [6.45, 7) is 0. The van der Waals surface area contributed by atoms with Gasteiger partial charge in [-0.3, -0.25) is 4.31 Å². The summed E-state index contributed by atoms with van der Waals surface area (Å²) >= 11 is 6.73. The van der Waals surface area contributed by atoms with Crippen molar-refractivity contribution in [3.63, 3.8) is 0 Å². The molecular weight excluding hydrogens is 282 g/mol. The third kappa shape index (κ3) is 2.84. The summed E-state index contributed by atoms with van der Waals surface area (Å²) in [6, 6.07) is 20.7. The lowest BCUT2D eigenvalue weighted by Gasteiger charge is -2.22. The molecule has 1 aliphatic heterocycles. The fourth-order valence-corrected chi connectivity index (χ4v) is 3.11. The Morgan fingerprint density at radius 2 is 1.45 bits per heavy atom. The van der Waals surface area contributed by atoms with Crippen LogP contribution in [0.15, 0.2) is 72.9 Å². The molecule has 0 fully saturated rings. The van der Waals surface area contributed by atoms with Gasteiger partial charge in [-0.1, -0.05) is 72.9 Å². The van der Waals surface area contributed by atoms with Crippen molar-refractivity contribution < 1.29 is 0 Å². The zero-order valence-corrected chi connectivity index (χ0v) is 12.4. The van der Waals surface area contributed by atoms with Crippen LogP contribution in [0.1, 0.15) is 11.1 Å². The smallest absolute Gasteiger partial charge is 0.0790 e. The van der Waals surface area contributed by atoms with Gasteiger partial charge in [0.25, 0.3) is 0 Å². The van der Waals surface area contributed by atoms with E-state index >= 15 is 0 Å². The van der Waals surface area contributed by atoms with Crippen molar-refractivity contribution in [2.24, 2.45) is 0 Å². The molecule has 0 amide bonds. The minimum Gasteiger partial charge on any atom is -0.284 e. The van der Waals surface area contributed by atoms with Gasteiger partial charge in [0, 0.05) is 16.7 Å². The normalized spacial score (nSPS) is 14.5. The Balaban J connectivity index is 2.02. The standard InChI is InChI=1S/C17H13NS2/c19-13-18-12-16(14-7-3-1-4-8-14)11-17(20-18)15-9-5-2-6-10-15/h1-13H. The first-order valence-corrected chi connectivity index (χ1v) is 7.57. The molecule has 1 heterocycles. The summed E-state index contributed by atoms with van der Waals surface area (Å²) in [5, 5.41) is 0. The molecule has 0 saturated carbocycles. The molecule has 2 aromatic carbocycles. The molecule has 0 unspecified atom stereocenters. The lowest BCUT2D eigenvalue weighted by molar-refractivity contribution is 0.988. The summed E-state index contributed by atoms with van der Waals surface area (Å²) in [4.78, 5) is 1.20. The number of allylic oxidation sites excluding steroid dienone is 2. The van der Waals surface area contributed by atoms with Crippen molar-refractivity contribution in [2.45, 2.75) is 0 Å². The predicted octanol–water partition coefficient (Wildman–Crippen LogP) is 4.99. The molecule has 0 atom stereocenters. The van der Waals surface area contributed by atoms with Gasteiger partial charge in [0.1, 0.15) is 0 Å². The summed E-state index contributed by atoms with van der Waals surface area (Å²) in [7, 11) is 0. The molecule has 2 aromatic rings. The fraction of sp³-hybridized carbons (Fsp3) is 0. The molecule has 0 saturated heterocycles. The highest BCUT2D eigenvalue weighted by Crippen LogP contribution is 2.37. The van der Waals surface area contributed by atoms with Crippen LogP contribution in [0.5, 0.6) is 0 Å². The van der Waals surface area contributed by atoms with Gasteiger partial charge in [0.15, 0.2) is 0 Å². The van der Waals surface area contributed by atoms with E-state index in [-0.39, 0.29) is 0 Å². The third-order valence-corrected chi connectivity index (χ3v) is 4.36. The van der Waals surface area contributed by atoms with E-state index in [4.69, 9.17) is 12.2 Å². The molecule has 0 aromatic heterocycles. The van der Waals surface area contributed by atoms with Crippen LogP contribution in [0.2, 0.25) is 0 Å². The zero-order valence-electron chi connectivity index (χ0n) is 10.8. The quantitative estimate of drug-likeness (QED) is 0.580. The number of hydrogen-bond acceptors (Lipinski definition) is 2. The topological polar surface area (TPSA) is 3.24 Å². The molecule has 0 N–H and O–H groups in total. The lowest BCUT2D eigenvalue weighted by atomic mass is 10.0. The van der Waals surface area contributed by atoms with E-state index in [1.54, 1.807) is 17.4 Å². The Hall–Kier alpha value is -1.84. The van der Waals surface area contributed by atoms with Gasteiger partial charge in [0.2, 0.25) is 0 Å². The van der Waals surface area contributed by atoms with Crippen LogP contribution >= 0.6 is 24.2 Å². The molecule has 0 radical (unpaired) electrons. The van der Waals surface area contributed by atoms with Crippen molar-refractivity contribution >= 4 is 40.1 Å². The van der Waals surface area contributed by atoms with E-state index in [9.17, 15) is 0 Å². The SMILES string of the molecule is S=CN1C=C(c2ccccc2)C=C(c2ccccc2)S1. The molecule has 0 spiro atoms. The highest BCUT2D eigenvalue weighted by atomic mass is 32.2. The second-order valence-corrected chi connectivity index (χ2v) is 5.64. The van der Waals surface area contributed by atoms with Crippen molar-refractivity contribution in [3.8, 4) is 0 Å². The van der Waals surface area contributed by atoms with Crippen molar-refractivity contribution in [1.29, 1.82) is 0 Å². The number of nitrogens with zero attached hydrogens (tertiary/aromatic N) is 1. The summed E-state index contributed by atoms with van der Waals surface area (Å²) < 4.78 is 1.97. The van der Waals surface area contributed by atoms with E-state index < -0.39 is 0 Å². The highest BCUT2D eigenvalue weighted by Gasteiger charge is 2.14. The van der Waals surface area contributed by atoms with Crippen LogP contribution in [-0.4, -0.2) is 9.80 Å². The average Bonchev–Trinajstić information content (AvgIpc) is 2.56. The Labute approximate surface area is 128 Å². The van der Waals surface area contributed by atoms with Gasteiger partial charge in [0.05, 0.1) is 5.49 Å². The van der Waals surface area contributed by atoms with Gasteiger partial charge < -0.3 is 0 Å². The molecule has 3 heteroatoms. The van der Waals surface area contributed by atoms with E-state index in [2.05, 4.69) is 60.8 Å². The van der Waals surface area contributed by atoms with E-state index in [0.717, 1.165) is 0 Å². The summed E-state index contributed by atoms with van der Waals surface area (Å²) in [6.07, 6.45) is 4.28. The van der Waals surface area contributed by atoms with Crippen LogP contribution in [0, 0.1) is 0 Å². The minimum atomic E-state index is 1.17. The van der Waals surface area contributed by atoms with Gasteiger partial charge >= 0.3 is 0 Å². The van der Waals surface area contributed by atoms with Crippen LogP contribution in [-0.2, 0) is 0 Å². The van der Waals surface area contributed by atoms with E-state index in [1.165, 1.54) is 21.6 Å². The molecule has 98 valence electrons. The summed E-state index contributed by atoms with van der Waals surface area (Å²) in [5.74, 6) is 0. The van der Waals surface area contributed by atoms with Gasteiger partial charge in [-0.05, 0) is 29.2 Å². The molecule has 20 heavy (non-hydrogen) atoms. The second-order valence-electron chi connectivity index (χ2n) is 4.38. The van der Waals surface area contributed by atoms with Gasteiger partial charge in [-0.2, -0.15) is 0 Å². The molecule has 0 bridgehead atoms. The van der Waals surface area contributed by atoms with Crippen molar-refractivity contribution in [1.82, 2.24) is 4.31 Å². The number of thiocarbonyl (C=S) groups is 1. The van der Waals surface area contributed by atoms with Crippen molar-refractivity contribution in [3.05, 3.63) is 84.1 Å². The number of hydrogen-bond donors (Lipinski definition) is 0. The molecular formula is C17H13NS2. The Bertz CT molecular complexity index is 660. The van der Waals surface area contributed by atoms with Crippen LogP contribution in [0.25, 0.3) is 10.5 Å². The molecule has 1 aliphatic rings. The largest absolute Gasteiger partial charge is 0.284 e. The first kappa shape index (κ1) is 13.2.